The van der Waals surface area contributed by atoms with Crippen molar-refractivity contribution in [3.63, 3.8) is 0 Å². The molecule has 0 radical (unpaired) electrons. The van der Waals surface area contributed by atoms with Gasteiger partial charge in [0.1, 0.15) is 18.9 Å². The first-order valence-electron chi connectivity index (χ1n) is 5.94. The standard InChI is InChI=1S/C13H16FNO3/c14-11-6-7-15(8-12(11)16)13(17)18-9-10-4-2-1-3-5-10/h1-5,11-12,16H,6-9H2/t11-,12+/m1/s1. The van der Waals surface area contributed by atoms with Crippen LogP contribution in [0.3, 0.4) is 0 Å². The van der Waals surface area contributed by atoms with E-state index in [9.17, 15) is 14.3 Å². The number of alkyl halides is 1. The Balaban J connectivity index is 1.82. The highest BCUT2D eigenvalue weighted by Gasteiger charge is 2.30. The molecule has 98 valence electrons. The monoisotopic (exact) mass is 253 g/mol. The molecule has 2 atom stereocenters. The van der Waals surface area contributed by atoms with Crippen molar-refractivity contribution >= 4 is 6.09 Å². The molecule has 0 bridgehead atoms. The van der Waals surface area contributed by atoms with Crippen LogP contribution in [0.25, 0.3) is 0 Å². The van der Waals surface area contributed by atoms with Crippen molar-refractivity contribution in [1.82, 2.24) is 4.90 Å². The summed E-state index contributed by atoms with van der Waals surface area (Å²) in [5.74, 6) is 0. The van der Waals surface area contributed by atoms with Crippen LogP contribution in [0.2, 0.25) is 0 Å². The topological polar surface area (TPSA) is 49.8 Å². The molecule has 0 saturated carbocycles. The number of benzene rings is 1. The van der Waals surface area contributed by atoms with Crippen LogP contribution in [0.4, 0.5) is 9.18 Å². The molecule has 18 heavy (non-hydrogen) atoms. The first-order chi connectivity index (χ1) is 8.66. The van der Waals surface area contributed by atoms with Gasteiger partial charge < -0.3 is 14.7 Å². The maximum Gasteiger partial charge on any atom is 0.410 e. The molecule has 0 aliphatic carbocycles. The van der Waals surface area contributed by atoms with E-state index in [1.165, 1.54) is 4.90 Å². The summed E-state index contributed by atoms with van der Waals surface area (Å²) in [7, 11) is 0. The molecule has 1 saturated heterocycles. The fourth-order valence-electron chi connectivity index (χ4n) is 1.88. The Morgan fingerprint density at radius 3 is 2.83 bits per heavy atom. The average Bonchev–Trinajstić information content (AvgIpc) is 2.40. The fourth-order valence-corrected chi connectivity index (χ4v) is 1.88. The summed E-state index contributed by atoms with van der Waals surface area (Å²) >= 11 is 0. The van der Waals surface area contributed by atoms with Gasteiger partial charge in [-0.05, 0) is 12.0 Å². The Kier molecular flexibility index (Phi) is 4.15. The third-order valence-corrected chi connectivity index (χ3v) is 2.96. The second-order valence-electron chi connectivity index (χ2n) is 4.36. The van der Waals surface area contributed by atoms with Crippen molar-refractivity contribution in [2.24, 2.45) is 0 Å². The van der Waals surface area contributed by atoms with Gasteiger partial charge in [-0.2, -0.15) is 0 Å². The summed E-state index contributed by atoms with van der Waals surface area (Å²) in [5.41, 5.74) is 0.895. The molecule has 1 aliphatic heterocycles. The molecular weight excluding hydrogens is 237 g/mol. The number of carbonyl (C=O) groups is 1. The van der Waals surface area contributed by atoms with Gasteiger partial charge in [0, 0.05) is 6.54 Å². The normalized spacial score (nSPS) is 23.8. The number of rotatable bonds is 2. The molecule has 1 aliphatic rings. The molecule has 1 amide bonds. The number of β-amino-alcohol motifs (C(OH)–C–C–N with tert-alkyl or cyclic N) is 1. The van der Waals surface area contributed by atoms with E-state index >= 15 is 0 Å². The molecule has 1 aromatic carbocycles. The summed E-state index contributed by atoms with van der Waals surface area (Å²) in [6.45, 7) is 0.464. The van der Waals surface area contributed by atoms with Crippen molar-refractivity contribution in [2.75, 3.05) is 13.1 Å². The number of aliphatic hydroxyl groups is 1. The van der Waals surface area contributed by atoms with Gasteiger partial charge in [-0.3, -0.25) is 0 Å². The maximum atomic E-state index is 13.0. The molecule has 1 aromatic rings. The van der Waals surface area contributed by atoms with Crippen molar-refractivity contribution < 1.29 is 19.0 Å². The Bertz CT molecular complexity index is 398. The zero-order valence-electron chi connectivity index (χ0n) is 9.96. The summed E-state index contributed by atoms with van der Waals surface area (Å²) < 4.78 is 18.1. The quantitative estimate of drug-likeness (QED) is 0.873. The molecule has 5 heteroatoms. The lowest BCUT2D eigenvalue weighted by molar-refractivity contribution is -0.000282. The zero-order chi connectivity index (χ0) is 13.0. The van der Waals surface area contributed by atoms with E-state index < -0.39 is 18.4 Å². The molecule has 1 heterocycles. The highest BCUT2D eigenvalue weighted by molar-refractivity contribution is 5.67. The number of halogens is 1. The number of aliphatic hydroxyl groups excluding tert-OH is 1. The van der Waals surface area contributed by atoms with Gasteiger partial charge in [-0.25, -0.2) is 9.18 Å². The van der Waals surface area contributed by atoms with Crippen LogP contribution < -0.4 is 0 Å². The van der Waals surface area contributed by atoms with Gasteiger partial charge in [0.05, 0.1) is 6.54 Å². The number of ether oxygens (including phenoxy) is 1. The minimum Gasteiger partial charge on any atom is -0.445 e. The molecule has 0 aromatic heterocycles. The van der Waals surface area contributed by atoms with Crippen molar-refractivity contribution in [3.8, 4) is 0 Å². The Hall–Kier alpha value is -1.62. The number of hydrogen-bond acceptors (Lipinski definition) is 3. The van der Waals surface area contributed by atoms with Crippen LogP contribution >= 0.6 is 0 Å². The SMILES string of the molecule is O=C(OCc1ccccc1)N1CC[C@@H](F)[C@@H](O)C1. The highest BCUT2D eigenvalue weighted by Crippen LogP contribution is 2.15. The first-order valence-corrected chi connectivity index (χ1v) is 5.94. The molecular formula is C13H16FNO3. The fraction of sp³-hybridized carbons (Fsp3) is 0.462. The van der Waals surface area contributed by atoms with Gasteiger partial charge in [-0.1, -0.05) is 30.3 Å². The number of likely N-dealkylation sites (tertiary alicyclic amines) is 1. The summed E-state index contributed by atoms with van der Waals surface area (Å²) in [4.78, 5) is 13.0. The Labute approximate surface area is 105 Å². The van der Waals surface area contributed by atoms with E-state index in [2.05, 4.69) is 0 Å². The third kappa shape index (κ3) is 3.20. The number of nitrogens with zero attached hydrogens (tertiary/aromatic N) is 1. The van der Waals surface area contributed by atoms with E-state index in [1.807, 2.05) is 30.3 Å². The lowest BCUT2D eigenvalue weighted by atomic mass is 10.1. The Morgan fingerprint density at radius 1 is 1.44 bits per heavy atom. The summed E-state index contributed by atoms with van der Waals surface area (Å²) in [6, 6.07) is 9.32. The van der Waals surface area contributed by atoms with Crippen LogP contribution in [0.15, 0.2) is 30.3 Å². The van der Waals surface area contributed by atoms with Crippen LogP contribution in [-0.2, 0) is 11.3 Å². The molecule has 1 N–H and O–H groups in total. The summed E-state index contributed by atoms with van der Waals surface area (Å²) in [5, 5.41) is 9.36. The predicted molar refractivity (Wildman–Crippen MR) is 63.7 cm³/mol. The summed E-state index contributed by atoms with van der Waals surface area (Å²) in [6.07, 6.45) is -2.71. The molecule has 1 fully saturated rings. The van der Waals surface area contributed by atoms with E-state index in [1.54, 1.807) is 0 Å². The minimum absolute atomic E-state index is 0.00517. The van der Waals surface area contributed by atoms with E-state index in [-0.39, 0.29) is 26.1 Å². The number of piperidine rings is 1. The largest absolute Gasteiger partial charge is 0.445 e. The second-order valence-corrected chi connectivity index (χ2v) is 4.36. The third-order valence-electron chi connectivity index (χ3n) is 2.96. The lowest BCUT2D eigenvalue weighted by Crippen LogP contribution is -2.47. The Morgan fingerprint density at radius 2 is 2.17 bits per heavy atom. The van der Waals surface area contributed by atoms with Crippen LogP contribution in [-0.4, -0.2) is 41.5 Å². The number of carbonyl (C=O) groups excluding carboxylic acids is 1. The predicted octanol–water partition coefficient (Wildman–Crippen LogP) is 1.73. The van der Waals surface area contributed by atoms with Gasteiger partial charge >= 0.3 is 6.09 Å². The van der Waals surface area contributed by atoms with Crippen molar-refractivity contribution in [1.29, 1.82) is 0 Å². The lowest BCUT2D eigenvalue weighted by Gasteiger charge is -2.31. The zero-order valence-corrected chi connectivity index (χ0v) is 9.96. The van der Waals surface area contributed by atoms with Gasteiger partial charge in [0.2, 0.25) is 0 Å². The highest BCUT2D eigenvalue weighted by atomic mass is 19.1. The van der Waals surface area contributed by atoms with E-state index in [0.717, 1.165) is 5.56 Å². The molecule has 4 nitrogen and oxygen atoms in total. The van der Waals surface area contributed by atoms with Gasteiger partial charge in [0.25, 0.3) is 0 Å². The van der Waals surface area contributed by atoms with E-state index in [4.69, 9.17) is 4.74 Å². The van der Waals surface area contributed by atoms with Crippen molar-refractivity contribution in [3.05, 3.63) is 35.9 Å². The number of hydrogen-bond donors (Lipinski definition) is 1. The van der Waals surface area contributed by atoms with E-state index in [0.29, 0.717) is 0 Å². The van der Waals surface area contributed by atoms with Gasteiger partial charge in [-0.15, -0.1) is 0 Å². The molecule has 2 rings (SSSR count). The van der Waals surface area contributed by atoms with Crippen molar-refractivity contribution in [2.45, 2.75) is 25.3 Å². The molecule has 0 unspecified atom stereocenters. The first kappa shape index (κ1) is 12.8. The van der Waals surface area contributed by atoms with Crippen LogP contribution in [0, 0.1) is 0 Å². The van der Waals surface area contributed by atoms with Crippen LogP contribution in [0.1, 0.15) is 12.0 Å². The smallest absolute Gasteiger partial charge is 0.410 e. The second kappa shape index (κ2) is 5.82. The average molecular weight is 253 g/mol. The maximum absolute atomic E-state index is 13.0. The number of amides is 1. The minimum atomic E-state index is -1.25. The van der Waals surface area contributed by atoms with Gasteiger partial charge in [0.15, 0.2) is 0 Å². The molecule has 0 spiro atoms. The van der Waals surface area contributed by atoms with Crippen LogP contribution in [0.5, 0.6) is 0 Å².